The molecule has 0 atom stereocenters. The lowest BCUT2D eigenvalue weighted by Crippen LogP contribution is -2.17. The van der Waals surface area contributed by atoms with Gasteiger partial charge in [-0.05, 0) is 24.3 Å². The van der Waals surface area contributed by atoms with Crippen molar-refractivity contribution in [3.8, 4) is 11.3 Å². The monoisotopic (exact) mass is 344 g/mol. The van der Waals surface area contributed by atoms with Crippen molar-refractivity contribution in [1.29, 1.82) is 0 Å². The average Bonchev–Trinajstić information content (AvgIpc) is 3.22. The van der Waals surface area contributed by atoms with Crippen LogP contribution in [-0.2, 0) is 6.54 Å². The van der Waals surface area contributed by atoms with Crippen molar-refractivity contribution in [3.05, 3.63) is 48.0 Å². The van der Waals surface area contributed by atoms with E-state index in [-0.39, 0.29) is 5.82 Å². The van der Waals surface area contributed by atoms with E-state index < -0.39 is 0 Å². The molecule has 0 saturated carbocycles. The summed E-state index contributed by atoms with van der Waals surface area (Å²) in [6.45, 7) is 2.25. The predicted octanol–water partition coefficient (Wildman–Crippen LogP) is 2.92. The van der Waals surface area contributed by atoms with Gasteiger partial charge in [-0.3, -0.25) is 0 Å². The first-order valence-electron chi connectivity index (χ1n) is 7.21. The number of hydrogen-bond donors (Lipinski definition) is 0. The quantitative estimate of drug-likeness (QED) is 0.567. The molecule has 9 heteroatoms. The molecule has 0 aliphatic rings. The second-order valence-electron chi connectivity index (χ2n) is 5.33. The van der Waals surface area contributed by atoms with Gasteiger partial charge in [0.25, 0.3) is 0 Å². The fraction of sp³-hybridized carbons (Fsp3) is 0.200. The predicted molar refractivity (Wildman–Crippen MR) is 87.4 cm³/mol. The first-order chi connectivity index (χ1) is 11.6. The summed E-state index contributed by atoms with van der Waals surface area (Å²) in [6, 6.07) is 6.24. The topological polar surface area (TPSA) is 72.4 Å². The molecule has 122 valence electrons. The van der Waals surface area contributed by atoms with Gasteiger partial charge in [-0.1, -0.05) is 16.5 Å². The molecule has 0 unspecified atom stereocenters. The number of halogens is 1. The van der Waals surface area contributed by atoms with Crippen LogP contribution in [-0.4, -0.2) is 31.8 Å². The minimum absolute atomic E-state index is 0.265. The van der Waals surface area contributed by atoms with Crippen molar-refractivity contribution >= 4 is 21.4 Å². The van der Waals surface area contributed by atoms with Crippen LogP contribution in [0.2, 0.25) is 0 Å². The number of aromatic nitrogens is 5. The summed E-state index contributed by atoms with van der Waals surface area (Å²) in [5.41, 5.74) is 1.61. The molecular formula is C15H13FN6OS. The molecular weight excluding hydrogens is 331 g/mol. The van der Waals surface area contributed by atoms with Crippen LogP contribution in [0, 0.1) is 12.7 Å². The second kappa shape index (κ2) is 5.68. The lowest BCUT2D eigenvalue weighted by Gasteiger charge is -2.11. The standard InChI is InChI=1S/C15H13FN6OS/c1-9-17-13(20-23-9)8-21(2)15-19-22-7-12(18-14(22)24-15)10-3-5-11(16)6-4-10/h3-7H,8H2,1-2H3. The molecule has 4 rings (SSSR count). The van der Waals surface area contributed by atoms with Gasteiger partial charge in [0, 0.05) is 19.5 Å². The summed E-state index contributed by atoms with van der Waals surface area (Å²) in [5.74, 6) is 0.879. The maximum Gasteiger partial charge on any atom is 0.223 e. The summed E-state index contributed by atoms with van der Waals surface area (Å²) in [7, 11) is 1.91. The van der Waals surface area contributed by atoms with Crippen molar-refractivity contribution in [1.82, 2.24) is 24.7 Å². The Morgan fingerprint density at radius 3 is 2.71 bits per heavy atom. The van der Waals surface area contributed by atoms with E-state index in [4.69, 9.17) is 4.52 Å². The number of imidazole rings is 1. The summed E-state index contributed by atoms with van der Waals surface area (Å²) < 4.78 is 19.7. The highest BCUT2D eigenvalue weighted by Crippen LogP contribution is 2.26. The Hall–Kier alpha value is -2.81. The van der Waals surface area contributed by atoms with Crippen LogP contribution in [0.15, 0.2) is 35.0 Å². The van der Waals surface area contributed by atoms with Crippen LogP contribution in [0.3, 0.4) is 0 Å². The Morgan fingerprint density at radius 1 is 1.25 bits per heavy atom. The van der Waals surface area contributed by atoms with Crippen molar-refractivity contribution in [2.24, 2.45) is 0 Å². The number of hydrogen-bond acceptors (Lipinski definition) is 7. The zero-order valence-electron chi connectivity index (χ0n) is 13.0. The first-order valence-corrected chi connectivity index (χ1v) is 8.02. The minimum Gasteiger partial charge on any atom is -0.342 e. The number of rotatable bonds is 4. The zero-order chi connectivity index (χ0) is 16.7. The van der Waals surface area contributed by atoms with E-state index in [1.54, 1.807) is 23.6 Å². The van der Waals surface area contributed by atoms with Crippen LogP contribution in [0.1, 0.15) is 11.7 Å². The molecule has 24 heavy (non-hydrogen) atoms. The highest BCUT2D eigenvalue weighted by Gasteiger charge is 2.14. The van der Waals surface area contributed by atoms with Crippen molar-refractivity contribution < 1.29 is 8.91 Å². The molecule has 0 bridgehead atoms. The molecule has 7 nitrogen and oxygen atoms in total. The number of benzene rings is 1. The Balaban J connectivity index is 1.58. The lowest BCUT2D eigenvalue weighted by molar-refractivity contribution is 0.387. The molecule has 0 radical (unpaired) electrons. The number of nitrogens with zero attached hydrogens (tertiary/aromatic N) is 6. The van der Waals surface area contributed by atoms with E-state index >= 15 is 0 Å². The van der Waals surface area contributed by atoms with Gasteiger partial charge in [-0.25, -0.2) is 13.9 Å². The van der Waals surface area contributed by atoms with E-state index in [0.717, 1.165) is 21.3 Å². The summed E-state index contributed by atoms with van der Waals surface area (Å²) in [6.07, 6.45) is 1.83. The van der Waals surface area contributed by atoms with Crippen LogP contribution in [0.25, 0.3) is 16.2 Å². The van der Waals surface area contributed by atoms with E-state index in [2.05, 4.69) is 20.2 Å². The minimum atomic E-state index is -0.265. The van der Waals surface area contributed by atoms with Crippen LogP contribution in [0.4, 0.5) is 9.52 Å². The van der Waals surface area contributed by atoms with Crippen molar-refractivity contribution in [2.45, 2.75) is 13.5 Å². The molecule has 3 aromatic heterocycles. The molecule has 1 aromatic carbocycles. The van der Waals surface area contributed by atoms with Crippen LogP contribution in [0.5, 0.6) is 0 Å². The molecule has 0 saturated heterocycles. The zero-order valence-corrected chi connectivity index (χ0v) is 13.8. The average molecular weight is 344 g/mol. The largest absolute Gasteiger partial charge is 0.342 e. The molecule has 0 amide bonds. The van der Waals surface area contributed by atoms with E-state index in [0.29, 0.717) is 18.3 Å². The van der Waals surface area contributed by atoms with Gasteiger partial charge >= 0.3 is 0 Å². The molecule has 0 N–H and O–H groups in total. The molecule has 0 aliphatic carbocycles. The normalized spacial score (nSPS) is 11.3. The molecule has 0 spiro atoms. The van der Waals surface area contributed by atoms with Gasteiger partial charge in [-0.2, -0.15) is 4.98 Å². The Bertz CT molecular complexity index is 958. The van der Waals surface area contributed by atoms with E-state index in [9.17, 15) is 4.39 Å². The fourth-order valence-corrected chi connectivity index (χ4v) is 3.13. The SMILES string of the molecule is Cc1nc(CN(C)c2nn3cc(-c4ccc(F)cc4)nc3s2)no1. The van der Waals surface area contributed by atoms with Gasteiger partial charge in [-0.15, -0.1) is 5.10 Å². The van der Waals surface area contributed by atoms with Gasteiger partial charge < -0.3 is 9.42 Å². The van der Waals surface area contributed by atoms with Crippen molar-refractivity contribution in [3.63, 3.8) is 0 Å². The van der Waals surface area contributed by atoms with Crippen LogP contribution < -0.4 is 4.90 Å². The Kier molecular flexibility index (Phi) is 3.49. The van der Waals surface area contributed by atoms with E-state index in [1.807, 2.05) is 18.1 Å². The molecule has 3 heterocycles. The number of fused-ring (bicyclic) bond motifs is 1. The maximum absolute atomic E-state index is 13.0. The van der Waals surface area contributed by atoms with E-state index in [1.165, 1.54) is 23.5 Å². The van der Waals surface area contributed by atoms with Gasteiger partial charge in [0.2, 0.25) is 16.0 Å². The third kappa shape index (κ3) is 2.73. The Labute approximate surface area is 140 Å². The fourth-order valence-electron chi connectivity index (χ4n) is 2.29. The van der Waals surface area contributed by atoms with Crippen molar-refractivity contribution in [2.75, 3.05) is 11.9 Å². The second-order valence-corrected chi connectivity index (χ2v) is 6.26. The summed E-state index contributed by atoms with van der Waals surface area (Å²) >= 11 is 1.46. The Morgan fingerprint density at radius 2 is 2.04 bits per heavy atom. The highest BCUT2D eigenvalue weighted by molar-refractivity contribution is 7.20. The highest BCUT2D eigenvalue weighted by atomic mass is 32.1. The summed E-state index contributed by atoms with van der Waals surface area (Å²) in [4.78, 5) is 11.4. The lowest BCUT2D eigenvalue weighted by atomic mass is 10.2. The maximum atomic E-state index is 13.0. The number of anilines is 1. The third-order valence-corrected chi connectivity index (χ3v) is 4.48. The molecule has 0 fully saturated rings. The van der Waals surface area contributed by atoms with Gasteiger partial charge in [0.05, 0.1) is 18.4 Å². The third-order valence-electron chi connectivity index (χ3n) is 3.45. The number of aryl methyl sites for hydroxylation is 1. The molecule has 4 aromatic rings. The van der Waals surface area contributed by atoms with Gasteiger partial charge in [0.15, 0.2) is 5.82 Å². The molecule has 0 aliphatic heterocycles. The van der Waals surface area contributed by atoms with Crippen LogP contribution >= 0.6 is 11.3 Å². The first kappa shape index (κ1) is 14.8. The summed E-state index contributed by atoms with van der Waals surface area (Å²) in [5, 5.41) is 9.19. The van der Waals surface area contributed by atoms with Gasteiger partial charge in [0.1, 0.15) is 5.82 Å². The smallest absolute Gasteiger partial charge is 0.223 e.